The fraction of sp³-hybridized carbons (Fsp3) is 0.0714. The minimum absolute atomic E-state index is 0.187. The Kier molecular flexibility index (Phi) is 4.49. The molecule has 21 heavy (non-hydrogen) atoms. The van der Waals surface area contributed by atoms with Gasteiger partial charge in [0.2, 0.25) is 0 Å². The fourth-order valence-corrected chi connectivity index (χ4v) is 1.93. The van der Waals surface area contributed by atoms with Crippen molar-refractivity contribution < 1.29 is 19.1 Å². The van der Waals surface area contributed by atoms with Crippen LogP contribution < -0.4 is 4.90 Å². The van der Waals surface area contributed by atoms with Crippen LogP contribution in [0.25, 0.3) is 0 Å². The van der Waals surface area contributed by atoms with Crippen LogP contribution in [0.3, 0.4) is 0 Å². The van der Waals surface area contributed by atoms with Gasteiger partial charge in [-0.15, -0.1) is 0 Å². The molecule has 5 nitrogen and oxygen atoms in total. The average Bonchev–Trinajstić information content (AvgIpc) is 2.47. The molecule has 2 rings (SSSR count). The highest BCUT2D eigenvalue weighted by Gasteiger charge is 2.23. The quantitative estimate of drug-likeness (QED) is 0.881. The van der Waals surface area contributed by atoms with Gasteiger partial charge in [0.05, 0.1) is 11.8 Å². The van der Waals surface area contributed by atoms with E-state index in [0.717, 1.165) is 17.2 Å². The number of halogens is 2. The van der Waals surface area contributed by atoms with Crippen LogP contribution >= 0.6 is 11.6 Å². The molecule has 0 aliphatic heterocycles. The van der Waals surface area contributed by atoms with Crippen LogP contribution in [0.2, 0.25) is 5.15 Å². The van der Waals surface area contributed by atoms with Gasteiger partial charge in [0.15, 0.2) is 0 Å². The summed E-state index contributed by atoms with van der Waals surface area (Å²) >= 11 is 5.79. The van der Waals surface area contributed by atoms with E-state index < -0.39 is 24.2 Å². The number of hydrogen-bond donors (Lipinski definition) is 1. The Morgan fingerprint density at radius 2 is 1.95 bits per heavy atom. The third kappa shape index (κ3) is 3.55. The van der Waals surface area contributed by atoms with Gasteiger partial charge in [-0.2, -0.15) is 0 Å². The van der Waals surface area contributed by atoms with Crippen molar-refractivity contribution in [3.63, 3.8) is 0 Å². The predicted molar refractivity (Wildman–Crippen MR) is 75.0 cm³/mol. The zero-order valence-electron chi connectivity index (χ0n) is 10.7. The van der Waals surface area contributed by atoms with Gasteiger partial charge in [-0.25, -0.2) is 9.37 Å². The summed E-state index contributed by atoms with van der Waals surface area (Å²) in [5.41, 5.74) is 0.173. The van der Waals surface area contributed by atoms with Gasteiger partial charge in [-0.05, 0) is 18.2 Å². The highest BCUT2D eigenvalue weighted by Crippen LogP contribution is 2.21. The third-order valence-corrected chi connectivity index (χ3v) is 2.94. The first-order chi connectivity index (χ1) is 9.99. The number of benzene rings is 1. The maximum atomic E-state index is 13.2. The zero-order valence-corrected chi connectivity index (χ0v) is 11.4. The van der Waals surface area contributed by atoms with Crippen LogP contribution in [0.4, 0.5) is 10.1 Å². The van der Waals surface area contributed by atoms with Crippen molar-refractivity contribution in [3.8, 4) is 0 Å². The molecule has 0 unspecified atom stereocenters. The molecule has 1 N–H and O–H groups in total. The maximum absolute atomic E-state index is 13.2. The number of nitrogens with zero attached hydrogens (tertiary/aromatic N) is 2. The molecular formula is C14H10ClFN2O3. The number of aromatic nitrogens is 1. The first-order valence-corrected chi connectivity index (χ1v) is 6.26. The van der Waals surface area contributed by atoms with E-state index in [1.54, 1.807) is 30.3 Å². The first kappa shape index (κ1) is 14.9. The minimum Gasteiger partial charge on any atom is -0.480 e. The van der Waals surface area contributed by atoms with E-state index in [4.69, 9.17) is 16.7 Å². The highest BCUT2D eigenvalue weighted by molar-refractivity contribution is 6.33. The molecule has 0 atom stereocenters. The molecule has 2 aromatic rings. The van der Waals surface area contributed by atoms with Crippen LogP contribution in [0.5, 0.6) is 0 Å². The molecule has 1 aromatic carbocycles. The number of carbonyl (C=O) groups is 2. The summed E-state index contributed by atoms with van der Waals surface area (Å²) < 4.78 is 13.2. The maximum Gasteiger partial charge on any atom is 0.323 e. The standard InChI is InChI=1S/C14H10ClFN2O3/c15-13-11(6-9(16)7-17-13)14(21)18(8-12(19)20)10-4-2-1-3-5-10/h1-7H,8H2,(H,19,20). The van der Waals surface area contributed by atoms with Crippen molar-refractivity contribution in [2.45, 2.75) is 0 Å². The molecule has 0 radical (unpaired) electrons. The first-order valence-electron chi connectivity index (χ1n) is 5.89. The van der Waals surface area contributed by atoms with Crippen molar-refractivity contribution in [3.05, 3.63) is 59.1 Å². The van der Waals surface area contributed by atoms with Crippen LogP contribution in [0, 0.1) is 5.82 Å². The van der Waals surface area contributed by atoms with Crippen molar-refractivity contribution in [1.29, 1.82) is 0 Å². The Morgan fingerprint density at radius 1 is 1.29 bits per heavy atom. The predicted octanol–water partition coefficient (Wildman–Crippen LogP) is 2.61. The number of rotatable bonds is 4. The molecule has 0 aliphatic rings. The van der Waals surface area contributed by atoms with Gasteiger partial charge in [0.25, 0.3) is 5.91 Å². The lowest BCUT2D eigenvalue weighted by atomic mass is 10.2. The third-order valence-electron chi connectivity index (χ3n) is 2.64. The largest absolute Gasteiger partial charge is 0.480 e. The molecule has 0 fully saturated rings. The summed E-state index contributed by atoms with van der Waals surface area (Å²) in [4.78, 5) is 27.9. The molecule has 0 saturated carbocycles. The van der Waals surface area contributed by atoms with Crippen molar-refractivity contribution >= 4 is 29.2 Å². The summed E-state index contributed by atoms with van der Waals surface area (Å²) in [5, 5.41) is 8.76. The molecule has 0 aliphatic carbocycles. The summed E-state index contributed by atoms with van der Waals surface area (Å²) in [6.45, 7) is -0.574. The molecule has 0 spiro atoms. The lowest BCUT2D eigenvalue weighted by Crippen LogP contribution is -2.36. The Hall–Kier alpha value is -2.47. The molecule has 108 valence electrons. The highest BCUT2D eigenvalue weighted by atomic mass is 35.5. The SMILES string of the molecule is O=C(O)CN(C(=O)c1cc(F)cnc1Cl)c1ccccc1. The Morgan fingerprint density at radius 3 is 2.57 bits per heavy atom. The molecule has 1 heterocycles. The molecule has 0 saturated heterocycles. The van der Waals surface area contributed by atoms with Gasteiger partial charge in [-0.3, -0.25) is 14.5 Å². The van der Waals surface area contributed by atoms with E-state index in [-0.39, 0.29) is 10.7 Å². The Bertz CT molecular complexity index is 679. The second-order valence-electron chi connectivity index (χ2n) is 4.11. The zero-order chi connectivity index (χ0) is 15.4. The summed E-state index contributed by atoms with van der Waals surface area (Å²) in [6, 6.07) is 9.10. The van der Waals surface area contributed by atoms with E-state index in [9.17, 15) is 14.0 Å². The van der Waals surface area contributed by atoms with E-state index in [2.05, 4.69) is 4.98 Å². The number of anilines is 1. The number of amides is 1. The monoisotopic (exact) mass is 308 g/mol. The fourth-order valence-electron chi connectivity index (χ4n) is 1.74. The van der Waals surface area contributed by atoms with Gasteiger partial charge < -0.3 is 5.11 Å². The van der Waals surface area contributed by atoms with Crippen molar-refractivity contribution in [1.82, 2.24) is 4.98 Å². The number of hydrogen-bond acceptors (Lipinski definition) is 3. The van der Waals surface area contributed by atoms with Gasteiger partial charge in [-0.1, -0.05) is 29.8 Å². The summed E-state index contributed by atoms with van der Waals surface area (Å²) in [5.74, 6) is -2.67. The number of para-hydroxylation sites is 1. The summed E-state index contributed by atoms with van der Waals surface area (Å²) in [7, 11) is 0. The normalized spacial score (nSPS) is 10.2. The van der Waals surface area contributed by atoms with Crippen LogP contribution in [-0.4, -0.2) is 28.5 Å². The van der Waals surface area contributed by atoms with Gasteiger partial charge in [0, 0.05) is 5.69 Å². The molecule has 7 heteroatoms. The van der Waals surface area contributed by atoms with E-state index in [0.29, 0.717) is 5.69 Å². The Balaban J connectivity index is 2.43. The minimum atomic E-state index is -1.20. The van der Waals surface area contributed by atoms with E-state index in [1.807, 2.05) is 0 Å². The number of carboxylic acid groups (broad SMARTS) is 1. The molecule has 0 bridgehead atoms. The van der Waals surface area contributed by atoms with Crippen LogP contribution in [0.15, 0.2) is 42.6 Å². The molecular weight excluding hydrogens is 299 g/mol. The lowest BCUT2D eigenvalue weighted by molar-refractivity contribution is -0.135. The second kappa shape index (κ2) is 6.32. The van der Waals surface area contributed by atoms with E-state index in [1.165, 1.54) is 0 Å². The van der Waals surface area contributed by atoms with E-state index >= 15 is 0 Å². The lowest BCUT2D eigenvalue weighted by Gasteiger charge is -2.21. The summed E-state index contributed by atoms with van der Waals surface area (Å²) in [6.07, 6.45) is 0.878. The van der Waals surface area contributed by atoms with Gasteiger partial charge >= 0.3 is 5.97 Å². The second-order valence-corrected chi connectivity index (χ2v) is 4.47. The van der Waals surface area contributed by atoms with Gasteiger partial charge in [0.1, 0.15) is 17.5 Å². The topological polar surface area (TPSA) is 70.5 Å². The van der Waals surface area contributed by atoms with Crippen LogP contribution in [-0.2, 0) is 4.79 Å². The van der Waals surface area contributed by atoms with Crippen molar-refractivity contribution in [2.75, 3.05) is 11.4 Å². The molecule has 1 amide bonds. The number of carbonyl (C=O) groups excluding carboxylic acids is 1. The number of pyridine rings is 1. The van der Waals surface area contributed by atoms with Crippen molar-refractivity contribution in [2.24, 2.45) is 0 Å². The smallest absolute Gasteiger partial charge is 0.323 e. The van der Waals surface area contributed by atoms with Crippen LogP contribution in [0.1, 0.15) is 10.4 Å². The number of carboxylic acids is 1. The average molecular weight is 309 g/mol. The molecule has 1 aromatic heterocycles. The number of aliphatic carboxylic acids is 1. The Labute approximate surface area is 124 Å².